The Bertz CT molecular complexity index is 924. The molecule has 0 saturated carbocycles. The number of nitrogen functional groups attached to an aromatic ring is 1. The number of ether oxygens (including phenoxy) is 1. The number of nitrogens with zero attached hydrogens (tertiary/aromatic N) is 1. The number of anilines is 1. The summed E-state index contributed by atoms with van der Waals surface area (Å²) in [6.07, 6.45) is 0.742. The van der Waals surface area contributed by atoms with Crippen LogP contribution in [0.4, 0.5) is 5.69 Å². The summed E-state index contributed by atoms with van der Waals surface area (Å²) in [7, 11) is 1.60. The molecule has 3 N–H and O–H groups in total. The zero-order valence-corrected chi connectivity index (χ0v) is 12.7. The number of nitrogens with one attached hydrogen (secondary N) is 1. The van der Waals surface area contributed by atoms with Crippen molar-refractivity contribution in [1.82, 2.24) is 9.55 Å². The van der Waals surface area contributed by atoms with Gasteiger partial charge in [-0.2, -0.15) is 0 Å². The Morgan fingerprint density at radius 3 is 2.87 bits per heavy atom. The van der Waals surface area contributed by atoms with Crippen LogP contribution >= 0.6 is 0 Å². The molecule has 0 saturated heterocycles. The maximum absolute atomic E-state index is 12.5. The second-order valence-electron chi connectivity index (χ2n) is 5.29. The molecule has 0 fully saturated rings. The lowest BCUT2D eigenvalue weighted by Gasteiger charge is -2.05. The number of hydrogen-bond donors (Lipinski definition) is 2. The van der Waals surface area contributed by atoms with Crippen LogP contribution in [0.15, 0.2) is 47.3 Å². The molecule has 1 aromatic heterocycles. The van der Waals surface area contributed by atoms with Gasteiger partial charge in [-0.15, -0.1) is 0 Å². The Hall–Kier alpha value is -3.02. The Morgan fingerprint density at radius 1 is 1.26 bits per heavy atom. The number of carbonyl (C=O) groups excluding carboxylic acids is 1. The van der Waals surface area contributed by atoms with E-state index in [9.17, 15) is 9.59 Å². The van der Waals surface area contributed by atoms with Crippen LogP contribution in [0.2, 0.25) is 0 Å². The van der Waals surface area contributed by atoms with Gasteiger partial charge in [-0.1, -0.05) is 12.1 Å². The first-order valence-electron chi connectivity index (χ1n) is 7.25. The Morgan fingerprint density at radius 2 is 2.09 bits per heavy atom. The highest BCUT2D eigenvalue weighted by molar-refractivity contribution is 5.91. The summed E-state index contributed by atoms with van der Waals surface area (Å²) in [5, 5.41) is 0. The molecule has 6 heteroatoms. The lowest BCUT2D eigenvalue weighted by atomic mass is 10.1. The summed E-state index contributed by atoms with van der Waals surface area (Å²) < 4.78 is 6.31. The van der Waals surface area contributed by atoms with Crippen LogP contribution in [0, 0.1) is 0 Å². The van der Waals surface area contributed by atoms with Crippen LogP contribution in [0.1, 0.15) is 16.8 Å². The van der Waals surface area contributed by atoms with Gasteiger partial charge in [0.1, 0.15) is 5.75 Å². The van der Waals surface area contributed by atoms with E-state index in [1.165, 1.54) is 0 Å². The van der Waals surface area contributed by atoms with Crippen LogP contribution < -0.4 is 16.2 Å². The van der Waals surface area contributed by atoms with E-state index in [0.29, 0.717) is 23.1 Å². The van der Waals surface area contributed by atoms with Gasteiger partial charge in [-0.25, -0.2) is 9.36 Å². The van der Waals surface area contributed by atoms with Crippen LogP contribution in [0.25, 0.3) is 11.0 Å². The Balaban J connectivity index is 1.85. The molecule has 0 radical (unpaired) electrons. The highest BCUT2D eigenvalue weighted by Gasteiger charge is 2.14. The standard InChI is InChI=1S/C17H17N3O3/c1-23-13-4-2-3-11(9-13)5-8-16(21)20-15-10-12(18)6-7-14(15)19-17(20)22/h2-4,6-7,9-10H,5,8,18H2,1H3,(H,19,22). The van der Waals surface area contributed by atoms with E-state index in [1.54, 1.807) is 25.3 Å². The number of fused-ring (bicyclic) bond motifs is 1. The monoisotopic (exact) mass is 311 g/mol. The zero-order valence-electron chi connectivity index (χ0n) is 12.7. The average Bonchev–Trinajstić information content (AvgIpc) is 2.88. The summed E-state index contributed by atoms with van der Waals surface area (Å²) >= 11 is 0. The molecule has 0 amide bonds. The number of carbonyl (C=O) groups is 1. The fraction of sp³-hybridized carbons (Fsp3) is 0.176. The zero-order chi connectivity index (χ0) is 16.4. The SMILES string of the molecule is COc1cccc(CCC(=O)n2c(=O)[nH]c3ccc(N)cc32)c1. The Labute approximate surface area is 132 Å². The molecular weight excluding hydrogens is 294 g/mol. The molecule has 0 spiro atoms. The van der Waals surface area contributed by atoms with Gasteiger partial charge in [0.15, 0.2) is 0 Å². The maximum Gasteiger partial charge on any atom is 0.333 e. The van der Waals surface area contributed by atoms with Crippen LogP contribution in [0.5, 0.6) is 5.75 Å². The van der Waals surface area contributed by atoms with Crippen molar-refractivity contribution < 1.29 is 9.53 Å². The number of imidazole rings is 1. The second-order valence-corrected chi connectivity index (χ2v) is 5.29. The second kappa shape index (κ2) is 6.00. The predicted octanol–water partition coefficient (Wildman–Crippen LogP) is 2.19. The van der Waals surface area contributed by atoms with Gasteiger partial charge in [-0.3, -0.25) is 4.79 Å². The summed E-state index contributed by atoms with van der Waals surface area (Å²) in [6, 6.07) is 12.5. The van der Waals surface area contributed by atoms with Gasteiger partial charge in [0.2, 0.25) is 5.91 Å². The predicted molar refractivity (Wildman–Crippen MR) is 88.9 cm³/mol. The van der Waals surface area contributed by atoms with E-state index in [2.05, 4.69) is 4.98 Å². The van der Waals surface area contributed by atoms with Gasteiger partial charge in [0.05, 0.1) is 18.1 Å². The summed E-state index contributed by atoms with van der Waals surface area (Å²) in [4.78, 5) is 27.1. The molecule has 118 valence electrons. The normalized spacial score (nSPS) is 10.8. The maximum atomic E-state index is 12.5. The molecule has 23 heavy (non-hydrogen) atoms. The third-order valence-electron chi connectivity index (χ3n) is 3.72. The lowest BCUT2D eigenvalue weighted by Crippen LogP contribution is -2.24. The molecule has 3 rings (SSSR count). The van der Waals surface area contributed by atoms with E-state index >= 15 is 0 Å². The molecule has 1 heterocycles. The number of aryl methyl sites for hydroxylation is 1. The fourth-order valence-electron chi connectivity index (χ4n) is 2.56. The highest BCUT2D eigenvalue weighted by atomic mass is 16.5. The summed E-state index contributed by atoms with van der Waals surface area (Å²) in [6.45, 7) is 0. The van der Waals surface area contributed by atoms with Crippen molar-refractivity contribution in [3.05, 3.63) is 58.5 Å². The highest BCUT2D eigenvalue weighted by Crippen LogP contribution is 2.17. The fourth-order valence-corrected chi connectivity index (χ4v) is 2.56. The average molecular weight is 311 g/mol. The molecule has 2 aromatic carbocycles. The number of rotatable bonds is 4. The van der Waals surface area contributed by atoms with Crippen molar-refractivity contribution in [2.75, 3.05) is 12.8 Å². The molecule has 0 unspecified atom stereocenters. The first kappa shape index (κ1) is 14.9. The van der Waals surface area contributed by atoms with E-state index in [4.69, 9.17) is 10.5 Å². The lowest BCUT2D eigenvalue weighted by molar-refractivity contribution is 0.0904. The molecule has 0 bridgehead atoms. The summed E-state index contributed by atoms with van der Waals surface area (Å²) in [5.74, 6) is 0.474. The van der Waals surface area contributed by atoms with Crippen molar-refractivity contribution in [3.8, 4) is 5.75 Å². The summed E-state index contributed by atoms with van der Waals surface area (Å²) in [5.41, 5.74) is 7.89. The van der Waals surface area contributed by atoms with E-state index in [-0.39, 0.29) is 12.3 Å². The van der Waals surface area contributed by atoms with Gasteiger partial charge in [0.25, 0.3) is 0 Å². The minimum atomic E-state index is -0.443. The van der Waals surface area contributed by atoms with Crippen molar-refractivity contribution in [2.45, 2.75) is 12.8 Å². The number of hydrogen-bond acceptors (Lipinski definition) is 4. The smallest absolute Gasteiger partial charge is 0.333 e. The number of benzene rings is 2. The van der Waals surface area contributed by atoms with Crippen molar-refractivity contribution in [3.63, 3.8) is 0 Å². The van der Waals surface area contributed by atoms with E-state index in [1.807, 2.05) is 24.3 Å². The molecule has 0 aliphatic carbocycles. The van der Waals surface area contributed by atoms with Crippen LogP contribution in [-0.4, -0.2) is 22.6 Å². The van der Waals surface area contributed by atoms with E-state index in [0.717, 1.165) is 15.9 Å². The van der Waals surface area contributed by atoms with Gasteiger partial charge in [0, 0.05) is 12.1 Å². The van der Waals surface area contributed by atoms with Gasteiger partial charge < -0.3 is 15.5 Å². The quantitative estimate of drug-likeness (QED) is 0.723. The molecule has 6 nitrogen and oxygen atoms in total. The first-order chi connectivity index (χ1) is 11.1. The van der Waals surface area contributed by atoms with Gasteiger partial charge >= 0.3 is 5.69 Å². The van der Waals surface area contributed by atoms with Crippen LogP contribution in [-0.2, 0) is 6.42 Å². The first-order valence-corrected chi connectivity index (χ1v) is 7.25. The minimum absolute atomic E-state index is 0.217. The molecule has 0 aliphatic heterocycles. The van der Waals surface area contributed by atoms with Crippen molar-refractivity contribution in [1.29, 1.82) is 0 Å². The topological polar surface area (TPSA) is 90.1 Å². The van der Waals surface area contributed by atoms with Gasteiger partial charge in [-0.05, 0) is 42.3 Å². The minimum Gasteiger partial charge on any atom is -0.497 e. The van der Waals surface area contributed by atoms with Crippen molar-refractivity contribution >= 4 is 22.6 Å². The number of nitrogens with two attached hydrogens (primary N) is 1. The third-order valence-corrected chi connectivity index (χ3v) is 3.72. The number of methoxy groups -OCH3 is 1. The number of aromatic nitrogens is 2. The van der Waals surface area contributed by atoms with E-state index < -0.39 is 5.69 Å². The number of aromatic amines is 1. The van der Waals surface area contributed by atoms with Crippen molar-refractivity contribution in [2.24, 2.45) is 0 Å². The molecule has 0 atom stereocenters. The molecule has 3 aromatic rings. The molecular formula is C17H17N3O3. The third kappa shape index (κ3) is 2.96. The number of H-pyrrole nitrogens is 1. The molecule has 0 aliphatic rings. The van der Waals surface area contributed by atoms with Crippen LogP contribution in [0.3, 0.4) is 0 Å². The Kier molecular flexibility index (Phi) is 3.89. The largest absolute Gasteiger partial charge is 0.497 e.